The maximum absolute atomic E-state index is 11.9. The number of hydrogen-bond donors (Lipinski definition) is 2. The Morgan fingerprint density at radius 2 is 1.60 bits per heavy atom. The number of sulfone groups is 1. The molecule has 0 spiro atoms. The lowest BCUT2D eigenvalue weighted by molar-refractivity contribution is 0.0920. The molecule has 7 nitrogen and oxygen atoms in total. The van der Waals surface area contributed by atoms with Gasteiger partial charge in [-0.15, -0.1) is 0 Å². The van der Waals surface area contributed by atoms with Gasteiger partial charge in [-0.3, -0.25) is 9.59 Å². The van der Waals surface area contributed by atoms with E-state index in [2.05, 4.69) is 26.6 Å². The van der Waals surface area contributed by atoms with E-state index < -0.39 is 15.7 Å². The van der Waals surface area contributed by atoms with E-state index in [9.17, 15) is 18.0 Å². The largest absolute Gasteiger partial charge is 0.440 e. The van der Waals surface area contributed by atoms with Crippen molar-refractivity contribution in [2.24, 2.45) is 0 Å². The summed E-state index contributed by atoms with van der Waals surface area (Å²) in [5.74, 6) is -0.767. The number of carbonyl (C=O) groups excluding carboxylic acids is 2. The van der Waals surface area contributed by atoms with Gasteiger partial charge in [0, 0.05) is 29.4 Å². The smallest absolute Gasteiger partial charge is 0.287 e. The molecule has 134 valence electrons. The van der Waals surface area contributed by atoms with Crippen LogP contribution in [0.4, 0.5) is 0 Å². The molecule has 0 bridgehead atoms. The van der Waals surface area contributed by atoms with Crippen LogP contribution in [0.3, 0.4) is 0 Å². The summed E-state index contributed by atoms with van der Waals surface area (Å²) in [6.07, 6.45) is 1.52. The Morgan fingerprint density at radius 3 is 2.16 bits per heavy atom. The van der Waals surface area contributed by atoms with Gasteiger partial charge in [0.2, 0.25) is 14.9 Å². The highest BCUT2D eigenvalue weighted by Crippen LogP contribution is 2.13. The molecule has 2 aromatic rings. The first-order valence-electron chi connectivity index (χ1n) is 7.39. The topological polar surface area (TPSA) is 105 Å². The number of hydrogen-bond acceptors (Lipinski definition) is 5. The minimum atomic E-state index is -3.48. The second-order valence-corrected chi connectivity index (χ2v) is 8.13. The molecule has 1 heterocycles. The molecule has 0 aliphatic heterocycles. The van der Waals surface area contributed by atoms with Gasteiger partial charge < -0.3 is 15.1 Å². The summed E-state index contributed by atoms with van der Waals surface area (Å²) < 4.78 is 28.5. The van der Waals surface area contributed by atoms with Crippen LogP contribution in [0.2, 0.25) is 0 Å². The molecule has 1 aromatic heterocycles. The van der Waals surface area contributed by atoms with Crippen LogP contribution in [-0.4, -0.2) is 39.6 Å². The number of furan rings is 1. The fraction of sp³-hybridized carbons (Fsp3) is 0.250. The molecular formula is C16H17BrN2O5S. The van der Waals surface area contributed by atoms with Crippen LogP contribution in [0, 0.1) is 0 Å². The number of amides is 2. The molecular weight excluding hydrogens is 412 g/mol. The normalized spacial score (nSPS) is 11.1. The summed E-state index contributed by atoms with van der Waals surface area (Å²) in [6.45, 7) is 0.705. The van der Waals surface area contributed by atoms with Gasteiger partial charge in [-0.25, -0.2) is 8.42 Å². The Morgan fingerprint density at radius 1 is 1.00 bits per heavy atom. The van der Waals surface area contributed by atoms with E-state index in [1.807, 2.05) is 0 Å². The van der Waals surface area contributed by atoms with E-state index in [1.54, 1.807) is 24.3 Å². The first-order valence-corrected chi connectivity index (χ1v) is 10.1. The van der Waals surface area contributed by atoms with Crippen LogP contribution in [0.5, 0.6) is 0 Å². The van der Waals surface area contributed by atoms with Gasteiger partial charge in [0.15, 0.2) is 5.76 Å². The van der Waals surface area contributed by atoms with Crippen molar-refractivity contribution in [2.75, 3.05) is 19.3 Å². The number of nitrogens with one attached hydrogen (secondary N) is 2. The number of carbonyl (C=O) groups is 2. The molecule has 0 unspecified atom stereocenters. The molecule has 9 heteroatoms. The van der Waals surface area contributed by atoms with E-state index in [0.29, 0.717) is 25.1 Å². The molecule has 0 aliphatic rings. The van der Waals surface area contributed by atoms with Gasteiger partial charge in [-0.2, -0.15) is 0 Å². The standard InChI is InChI=1S/C16H17BrN2O5S/c1-25(22,23)14-8-7-13(24-14)16(21)19-10-2-9-18-15(20)11-3-5-12(17)6-4-11/h3-8H,2,9-10H2,1H3,(H,18,20)(H,19,21). The average Bonchev–Trinajstić information content (AvgIpc) is 3.05. The average molecular weight is 429 g/mol. The van der Waals surface area contributed by atoms with Crippen LogP contribution < -0.4 is 10.6 Å². The molecule has 2 N–H and O–H groups in total. The highest BCUT2D eigenvalue weighted by molar-refractivity contribution is 9.10. The van der Waals surface area contributed by atoms with Crippen molar-refractivity contribution in [3.8, 4) is 0 Å². The Hall–Kier alpha value is -2.13. The zero-order valence-corrected chi connectivity index (χ0v) is 15.8. The van der Waals surface area contributed by atoms with Gasteiger partial charge in [-0.05, 0) is 42.8 Å². The number of benzene rings is 1. The molecule has 25 heavy (non-hydrogen) atoms. The van der Waals surface area contributed by atoms with Gasteiger partial charge in [-0.1, -0.05) is 15.9 Å². The summed E-state index contributed by atoms with van der Waals surface area (Å²) in [4.78, 5) is 23.7. The van der Waals surface area contributed by atoms with Crippen molar-refractivity contribution in [1.82, 2.24) is 10.6 Å². The van der Waals surface area contributed by atoms with Crippen molar-refractivity contribution < 1.29 is 22.4 Å². The van der Waals surface area contributed by atoms with Crippen LogP contribution in [0.25, 0.3) is 0 Å². The third-order valence-corrected chi connectivity index (χ3v) is 4.68. The molecule has 2 rings (SSSR count). The van der Waals surface area contributed by atoms with Crippen molar-refractivity contribution in [3.63, 3.8) is 0 Å². The number of halogens is 1. The van der Waals surface area contributed by atoms with Crippen LogP contribution in [0.1, 0.15) is 27.3 Å². The monoisotopic (exact) mass is 428 g/mol. The highest BCUT2D eigenvalue weighted by atomic mass is 79.9. The van der Waals surface area contributed by atoms with Gasteiger partial charge in [0.1, 0.15) is 0 Å². The van der Waals surface area contributed by atoms with Crippen molar-refractivity contribution >= 4 is 37.6 Å². The highest BCUT2D eigenvalue weighted by Gasteiger charge is 2.16. The van der Waals surface area contributed by atoms with E-state index >= 15 is 0 Å². The summed E-state index contributed by atoms with van der Waals surface area (Å²) >= 11 is 3.30. The van der Waals surface area contributed by atoms with Gasteiger partial charge >= 0.3 is 0 Å². The minimum Gasteiger partial charge on any atom is -0.440 e. The third-order valence-electron chi connectivity index (χ3n) is 3.20. The lowest BCUT2D eigenvalue weighted by atomic mass is 10.2. The third kappa shape index (κ3) is 5.71. The van der Waals surface area contributed by atoms with Crippen LogP contribution in [0.15, 0.2) is 50.4 Å². The molecule has 0 atom stereocenters. The Kier molecular flexibility index (Phi) is 6.38. The van der Waals surface area contributed by atoms with Crippen LogP contribution in [-0.2, 0) is 9.84 Å². The van der Waals surface area contributed by atoms with E-state index in [4.69, 9.17) is 4.42 Å². The zero-order chi connectivity index (χ0) is 18.4. The molecule has 2 amide bonds. The maximum Gasteiger partial charge on any atom is 0.287 e. The summed E-state index contributed by atoms with van der Waals surface area (Å²) in [5.41, 5.74) is 0.552. The lowest BCUT2D eigenvalue weighted by Crippen LogP contribution is -2.29. The fourth-order valence-electron chi connectivity index (χ4n) is 1.92. The van der Waals surface area contributed by atoms with Crippen LogP contribution >= 0.6 is 15.9 Å². The Labute approximate surface area is 153 Å². The number of rotatable bonds is 7. The van der Waals surface area contributed by atoms with Gasteiger partial charge in [0.05, 0.1) is 0 Å². The molecule has 0 radical (unpaired) electrons. The lowest BCUT2D eigenvalue weighted by Gasteiger charge is -2.06. The van der Waals surface area contributed by atoms with Crippen molar-refractivity contribution in [2.45, 2.75) is 11.5 Å². The Bertz CT molecular complexity index is 859. The van der Waals surface area contributed by atoms with E-state index in [0.717, 1.165) is 10.7 Å². The van der Waals surface area contributed by atoms with E-state index in [-0.39, 0.29) is 16.8 Å². The fourth-order valence-corrected chi connectivity index (χ4v) is 2.74. The summed E-state index contributed by atoms with van der Waals surface area (Å²) in [7, 11) is -3.48. The first-order chi connectivity index (χ1) is 11.8. The van der Waals surface area contributed by atoms with Crippen molar-refractivity contribution in [1.29, 1.82) is 0 Å². The van der Waals surface area contributed by atoms with E-state index in [1.165, 1.54) is 12.1 Å². The SMILES string of the molecule is CS(=O)(=O)c1ccc(C(=O)NCCCNC(=O)c2ccc(Br)cc2)o1. The maximum atomic E-state index is 11.9. The second kappa shape index (κ2) is 8.30. The minimum absolute atomic E-state index is 0.0701. The zero-order valence-electron chi connectivity index (χ0n) is 13.4. The Balaban J connectivity index is 1.72. The predicted octanol–water partition coefficient (Wildman–Crippen LogP) is 2.00. The second-order valence-electron chi connectivity index (χ2n) is 5.26. The quantitative estimate of drug-likeness (QED) is 0.655. The molecule has 0 fully saturated rings. The molecule has 0 saturated heterocycles. The molecule has 0 aliphatic carbocycles. The summed E-state index contributed by atoms with van der Waals surface area (Å²) in [6, 6.07) is 9.52. The molecule has 1 aromatic carbocycles. The predicted molar refractivity (Wildman–Crippen MR) is 95.2 cm³/mol. The first kappa shape index (κ1) is 19.2. The summed E-state index contributed by atoms with van der Waals surface area (Å²) in [5, 5.41) is 5.10. The van der Waals surface area contributed by atoms with Crippen molar-refractivity contribution in [3.05, 3.63) is 52.2 Å². The molecule has 0 saturated carbocycles. The van der Waals surface area contributed by atoms with Gasteiger partial charge in [0.25, 0.3) is 11.8 Å².